The number of anilines is 1. The van der Waals surface area contributed by atoms with E-state index in [1.165, 1.54) is 12.0 Å². The third-order valence-corrected chi connectivity index (χ3v) is 8.47. The maximum atomic E-state index is 13.8. The zero-order valence-corrected chi connectivity index (χ0v) is 24.5. The highest BCUT2D eigenvalue weighted by Gasteiger charge is 2.32. The molecule has 1 saturated carbocycles. The molecule has 1 fully saturated rings. The second-order valence-electron chi connectivity index (χ2n) is 9.72. The molecule has 3 rings (SSSR count). The van der Waals surface area contributed by atoms with Crippen LogP contribution in [0.5, 0.6) is 5.75 Å². The first-order valence-corrected chi connectivity index (χ1v) is 15.2. The molecule has 0 spiro atoms. The molecular formula is C27H35Cl2N3O5S. The highest BCUT2D eigenvalue weighted by Crippen LogP contribution is 2.31. The van der Waals surface area contributed by atoms with Crippen LogP contribution in [0.25, 0.3) is 0 Å². The molecule has 1 atom stereocenters. The molecular weight excluding hydrogens is 549 g/mol. The Hall–Kier alpha value is -2.49. The summed E-state index contributed by atoms with van der Waals surface area (Å²) in [6, 6.07) is 9.17. The van der Waals surface area contributed by atoms with Crippen LogP contribution in [0.2, 0.25) is 10.0 Å². The van der Waals surface area contributed by atoms with Crippen molar-refractivity contribution in [1.29, 1.82) is 0 Å². The lowest BCUT2D eigenvalue weighted by molar-refractivity contribution is -0.139. The van der Waals surface area contributed by atoms with Crippen LogP contribution < -0.4 is 14.4 Å². The van der Waals surface area contributed by atoms with Gasteiger partial charge in [0, 0.05) is 22.6 Å². The molecule has 1 aliphatic rings. The summed E-state index contributed by atoms with van der Waals surface area (Å²) in [4.78, 5) is 28.4. The van der Waals surface area contributed by atoms with Gasteiger partial charge in [0.15, 0.2) is 0 Å². The van der Waals surface area contributed by atoms with Crippen molar-refractivity contribution in [2.24, 2.45) is 0 Å². The van der Waals surface area contributed by atoms with Gasteiger partial charge < -0.3 is 15.0 Å². The number of carbonyl (C=O) groups excluding carboxylic acids is 2. The Labute approximate surface area is 235 Å². The molecule has 0 heterocycles. The van der Waals surface area contributed by atoms with Gasteiger partial charge in [-0.25, -0.2) is 8.42 Å². The predicted octanol–water partition coefficient (Wildman–Crippen LogP) is 4.94. The Bertz CT molecular complexity index is 1270. The minimum atomic E-state index is -3.89. The van der Waals surface area contributed by atoms with E-state index in [1.54, 1.807) is 43.3 Å². The molecule has 1 N–H and O–H groups in total. The van der Waals surface area contributed by atoms with Gasteiger partial charge in [0.2, 0.25) is 21.8 Å². The van der Waals surface area contributed by atoms with Crippen LogP contribution in [-0.2, 0) is 26.2 Å². The number of carbonyl (C=O) groups is 2. The molecule has 0 saturated heterocycles. The number of hydrogen-bond donors (Lipinski definition) is 1. The number of rotatable bonds is 10. The van der Waals surface area contributed by atoms with Crippen LogP contribution in [0, 0.1) is 6.92 Å². The average Bonchev–Trinajstić information content (AvgIpc) is 2.86. The summed E-state index contributed by atoms with van der Waals surface area (Å²) in [7, 11) is -2.46. The number of sulfonamides is 1. The SMILES string of the molecule is COc1ccc(C)cc1N(CC(=O)N(Cc1ccc(Cl)cc1Cl)C(C)C(=O)NC1CCCCC1)S(C)(=O)=O. The van der Waals surface area contributed by atoms with Gasteiger partial charge in [-0.2, -0.15) is 0 Å². The van der Waals surface area contributed by atoms with Gasteiger partial charge >= 0.3 is 0 Å². The van der Waals surface area contributed by atoms with Crippen LogP contribution in [0.4, 0.5) is 5.69 Å². The summed E-state index contributed by atoms with van der Waals surface area (Å²) in [6.07, 6.45) is 6.05. The third kappa shape index (κ3) is 7.77. The smallest absolute Gasteiger partial charge is 0.244 e. The lowest BCUT2D eigenvalue weighted by atomic mass is 9.95. The van der Waals surface area contributed by atoms with Crippen molar-refractivity contribution >= 4 is 50.7 Å². The molecule has 0 aromatic heterocycles. The quantitative estimate of drug-likeness (QED) is 0.427. The van der Waals surface area contributed by atoms with Crippen LogP contribution >= 0.6 is 23.2 Å². The van der Waals surface area contributed by atoms with Gasteiger partial charge in [0.25, 0.3) is 0 Å². The minimum absolute atomic E-state index is 0.00333. The topological polar surface area (TPSA) is 96.0 Å². The van der Waals surface area contributed by atoms with E-state index in [9.17, 15) is 18.0 Å². The molecule has 0 bridgehead atoms. The minimum Gasteiger partial charge on any atom is -0.495 e. The van der Waals surface area contributed by atoms with Gasteiger partial charge in [-0.15, -0.1) is 0 Å². The molecule has 0 aliphatic heterocycles. The van der Waals surface area contributed by atoms with Crippen molar-refractivity contribution in [2.45, 2.75) is 64.6 Å². The number of nitrogens with one attached hydrogen (secondary N) is 1. The van der Waals surface area contributed by atoms with Crippen molar-refractivity contribution in [3.8, 4) is 5.75 Å². The van der Waals surface area contributed by atoms with E-state index in [4.69, 9.17) is 27.9 Å². The Morgan fingerprint density at radius 3 is 2.39 bits per heavy atom. The molecule has 1 unspecified atom stereocenters. The summed E-state index contributed by atoms with van der Waals surface area (Å²) >= 11 is 12.5. The molecule has 0 radical (unpaired) electrons. The summed E-state index contributed by atoms with van der Waals surface area (Å²) in [5, 5.41) is 3.85. The number of benzene rings is 2. The number of methoxy groups -OCH3 is 1. The Kier molecular flexibility index (Phi) is 10.3. The molecule has 8 nitrogen and oxygen atoms in total. The van der Waals surface area contributed by atoms with E-state index in [0.29, 0.717) is 21.4 Å². The Morgan fingerprint density at radius 1 is 1.11 bits per heavy atom. The average molecular weight is 585 g/mol. The van der Waals surface area contributed by atoms with Crippen LogP contribution in [0.3, 0.4) is 0 Å². The second-order valence-corrected chi connectivity index (χ2v) is 12.5. The Balaban J connectivity index is 1.95. The first-order chi connectivity index (χ1) is 17.9. The first-order valence-electron chi connectivity index (χ1n) is 12.6. The van der Waals surface area contributed by atoms with E-state index in [0.717, 1.165) is 48.2 Å². The maximum absolute atomic E-state index is 13.8. The largest absolute Gasteiger partial charge is 0.495 e. The number of amides is 2. The summed E-state index contributed by atoms with van der Waals surface area (Å²) < 4.78 is 32.1. The molecule has 2 aromatic carbocycles. The van der Waals surface area contributed by atoms with Crippen LogP contribution in [-0.4, -0.2) is 57.1 Å². The highest BCUT2D eigenvalue weighted by molar-refractivity contribution is 7.92. The third-order valence-electron chi connectivity index (χ3n) is 6.76. The van der Waals surface area contributed by atoms with Gasteiger partial charge in [-0.1, -0.05) is 54.6 Å². The van der Waals surface area contributed by atoms with E-state index >= 15 is 0 Å². The lowest BCUT2D eigenvalue weighted by Crippen LogP contribution is -2.53. The second kappa shape index (κ2) is 13.0. The predicted molar refractivity (Wildman–Crippen MR) is 151 cm³/mol. The number of ether oxygens (including phenoxy) is 1. The van der Waals surface area contributed by atoms with Crippen molar-refractivity contribution in [3.63, 3.8) is 0 Å². The summed E-state index contributed by atoms with van der Waals surface area (Å²) in [5.74, 6) is -0.546. The molecule has 208 valence electrons. The van der Waals surface area contributed by atoms with Gasteiger partial charge in [0.05, 0.1) is 19.1 Å². The number of aryl methyl sites for hydroxylation is 1. The van der Waals surface area contributed by atoms with Crippen molar-refractivity contribution in [1.82, 2.24) is 10.2 Å². The van der Waals surface area contributed by atoms with E-state index < -0.39 is 28.5 Å². The van der Waals surface area contributed by atoms with E-state index in [1.807, 2.05) is 6.92 Å². The normalized spacial score (nSPS) is 15.0. The van der Waals surface area contributed by atoms with Gasteiger partial charge in [-0.3, -0.25) is 13.9 Å². The number of halogens is 2. The molecule has 11 heteroatoms. The lowest BCUT2D eigenvalue weighted by Gasteiger charge is -2.33. The van der Waals surface area contributed by atoms with Crippen LogP contribution in [0.1, 0.15) is 50.2 Å². The fourth-order valence-corrected chi connectivity index (χ4v) is 5.89. The van der Waals surface area contributed by atoms with E-state index in [2.05, 4.69) is 5.32 Å². The molecule has 38 heavy (non-hydrogen) atoms. The maximum Gasteiger partial charge on any atom is 0.244 e. The first kappa shape index (κ1) is 30.1. The molecule has 1 aliphatic carbocycles. The molecule has 2 amide bonds. The van der Waals surface area contributed by atoms with Crippen LogP contribution in [0.15, 0.2) is 36.4 Å². The fourth-order valence-electron chi connectivity index (χ4n) is 4.57. The van der Waals surface area contributed by atoms with Gasteiger partial charge in [0.1, 0.15) is 18.3 Å². The highest BCUT2D eigenvalue weighted by atomic mass is 35.5. The fraction of sp³-hybridized carbons (Fsp3) is 0.481. The van der Waals surface area contributed by atoms with E-state index in [-0.39, 0.29) is 24.2 Å². The zero-order valence-electron chi connectivity index (χ0n) is 22.2. The summed E-state index contributed by atoms with van der Waals surface area (Å²) in [5.41, 5.74) is 1.62. The van der Waals surface area contributed by atoms with Crippen molar-refractivity contribution < 1.29 is 22.7 Å². The summed E-state index contributed by atoms with van der Waals surface area (Å²) in [6.45, 7) is 2.93. The zero-order chi connectivity index (χ0) is 28.0. The Morgan fingerprint density at radius 2 is 1.79 bits per heavy atom. The number of nitrogens with zero attached hydrogens (tertiary/aromatic N) is 2. The van der Waals surface area contributed by atoms with Crippen molar-refractivity contribution in [2.75, 3.05) is 24.2 Å². The number of hydrogen-bond acceptors (Lipinski definition) is 5. The molecule has 2 aromatic rings. The van der Waals surface area contributed by atoms with Crippen molar-refractivity contribution in [3.05, 3.63) is 57.6 Å². The monoisotopic (exact) mass is 583 g/mol. The standard InChI is InChI=1S/C27H35Cl2N3O5S/c1-18-10-13-25(37-3)24(14-18)32(38(4,35)36)17-26(33)31(16-20-11-12-21(28)15-23(20)29)19(2)27(34)30-22-8-6-5-7-9-22/h10-15,19,22H,5-9,16-17H2,1-4H3,(H,30,34). The van der Waals surface area contributed by atoms with Gasteiger partial charge in [-0.05, 0) is 62.1 Å².